The van der Waals surface area contributed by atoms with Crippen LogP contribution in [0.3, 0.4) is 0 Å². The summed E-state index contributed by atoms with van der Waals surface area (Å²) in [5.41, 5.74) is 5.91. The Bertz CT molecular complexity index is 1520. The fraction of sp³-hybridized carbons (Fsp3) is 0.471. The summed E-state index contributed by atoms with van der Waals surface area (Å²) in [4.78, 5) is 29.5. The second-order valence-electron chi connectivity index (χ2n) is 12.2. The predicted octanol–water partition coefficient (Wildman–Crippen LogP) is 4.35. The SMILES string of the molecule is N#CC[C@H]1CN(c2nc(OC[C@@H]3CCCN3)nc3c2CN(C2CCc4ccccc42)C3)CCN1C(=O)OCc1ccccc1. The third kappa shape index (κ3) is 5.94. The number of fused-ring (bicyclic) bond motifs is 2. The molecule has 3 atom stereocenters. The molecule has 228 valence electrons. The molecule has 1 aromatic heterocycles. The second kappa shape index (κ2) is 12.8. The molecule has 0 radical (unpaired) electrons. The summed E-state index contributed by atoms with van der Waals surface area (Å²) in [7, 11) is 0. The number of benzene rings is 2. The lowest BCUT2D eigenvalue weighted by molar-refractivity contribution is 0.0767. The summed E-state index contributed by atoms with van der Waals surface area (Å²) in [6.07, 6.45) is 4.26. The number of carbonyl (C=O) groups is 1. The van der Waals surface area contributed by atoms with Crippen LogP contribution >= 0.6 is 0 Å². The van der Waals surface area contributed by atoms with Crippen LogP contribution < -0.4 is 15.0 Å². The molecular formula is C34H39N7O3. The van der Waals surface area contributed by atoms with E-state index in [-0.39, 0.29) is 25.2 Å². The number of piperazine rings is 1. The topological polar surface area (TPSA) is 107 Å². The Labute approximate surface area is 258 Å². The number of hydrogen-bond acceptors (Lipinski definition) is 9. The van der Waals surface area contributed by atoms with Crippen molar-refractivity contribution in [3.8, 4) is 12.1 Å². The van der Waals surface area contributed by atoms with Gasteiger partial charge in [0.15, 0.2) is 0 Å². The van der Waals surface area contributed by atoms with Crippen LogP contribution in [0.2, 0.25) is 0 Å². The van der Waals surface area contributed by atoms with E-state index >= 15 is 0 Å². The first-order valence-corrected chi connectivity index (χ1v) is 15.8. The molecule has 0 bridgehead atoms. The van der Waals surface area contributed by atoms with Crippen LogP contribution in [-0.2, 0) is 30.9 Å². The molecule has 4 heterocycles. The zero-order chi connectivity index (χ0) is 29.9. The number of anilines is 1. The summed E-state index contributed by atoms with van der Waals surface area (Å²) in [6.45, 7) is 4.78. The Balaban J connectivity index is 1.11. The van der Waals surface area contributed by atoms with Gasteiger partial charge in [0.2, 0.25) is 0 Å². The van der Waals surface area contributed by atoms with Gasteiger partial charge in [-0.2, -0.15) is 15.2 Å². The largest absolute Gasteiger partial charge is 0.462 e. The number of ether oxygens (including phenoxy) is 2. The Kier molecular flexibility index (Phi) is 8.31. The molecule has 0 saturated carbocycles. The summed E-state index contributed by atoms with van der Waals surface area (Å²) in [5, 5.41) is 13.2. The molecule has 10 nitrogen and oxygen atoms in total. The van der Waals surface area contributed by atoms with Crippen LogP contribution in [0.1, 0.15) is 59.7 Å². The highest BCUT2D eigenvalue weighted by Crippen LogP contribution is 2.42. The number of nitrogens with one attached hydrogen (secondary N) is 1. The highest BCUT2D eigenvalue weighted by atomic mass is 16.6. The number of aryl methyl sites for hydroxylation is 1. The number of carbonyl (C=O) groups excluding carboxylic acids is 1. The van der Waals surface area contributed by atoms with E-state index in [1.807, 2.05) is 30.3 Å². The maximum absolute atomic E-state index is 13.2. The van der Waals surface area contributed by atoms with Crippen molar-refractivity contribution in [2.75, 3.05) is 37.7 Å². The number of aromatic nitrogens is 2. The molecule has 1 unspecified atom stereocenters. The molecule has 44 heavy (non-hydrogen) atoms. The van der Waals surface area contributed by atoms with Gasteiger partial charge < -0.3 is 24.6 Å². The smallest absolute Gasteiger partial charge is 0.410 e. The van der Waals surface area contributed by atoms with Gasteiger partial charge in [-0.25, -0.2) is 4.79 Å². The molecular weight excluding hydrogens is 554 g/mol. The first-order valence-electron chi connectivity index (χ1n) is 15.8. The molecule has 2 aromatic carbocycles. The first kappa shape index (κ1) is 28.6. The summed E-state index contributed by atoms with van der Waals surface area (Å²) < 4.78 is 11.9. The van der Waals surface area contributed by atoms with E-state index in [0.717, 1.165) is 68.0 Å². The molecule has 4 aliphatic rings. The van der Waals surface area contributed by atoms with Gasteiger partial charge in [0, 0.05) is 50.4 Å². The van der Waals surface area contributed by atoms with Crippen molar-refractivity contribution in [3.63, 3.8) is 0 Å². The standard InChI is InChI=1S/C34H39N7O3/c35-15-14-27-19-39(17-18-41(27)34(42)44-22-24-7-2-1-3-8-24)32-29-20-40(31-13-12-25-9-4-5-11-28(25)31)21-30(29)37-33(38-32)43-23-26-10-6-16-36-26/h1-5,7-9,11,26-27,31,36H,6,10,12-14,16-23H2/t26-,27-,31?/m0/s1. The molecule has 3 aliphatic heterocycles. The van der Waals surface area contributed by atoms with E-state index in [2.05, 4.69) is 45.5 Å². The summed E-state index contributed by atoms with van der Waals surface area (Å²) in [6, 6.07) is 21.5. The van der Waals surface area contributed by atoms with Crippen molar-refractivity contribution in [1.82, 2.24) is 25.1 Å². The molecule has 3 aromatic rings. The maximum atomic E-state index is 13.2. The number of hydrogen-bond donors (Lipinski definition) is 1. The van der Waals surface area contributed by atoms with Crippen LogP contribution in [0.15, 0.2) is 54.6 Å². The number of nitriles is 1. The number of rotatable bonds is 8. The molecule has 0 spiro atoms. The minimum atomic E-state index is -0.388. The van der Waals surface area contributed by atoms with Crippen LogP contribution in [0.5, 0.6) is 6.01 Å². The quantitative estimate of drug-likeness (QED) is 0.408. The molecule has 2 fully saturated rings. The minimum Gasteiger partial charge on any atom is -0.462 e. The molecule has 7 rings (SSSR count). The third-order valence-electron chi connectivity index (χ3n) is 9.43. The van der Waals surface area contributed by atoms with Gasteiger partial charge in [0.05, 0.1) is 24.2 Å². The van der Waals surface area contributed by atoms with Gasteiger partial charge in [-0.05, 0) is 48.9 Å². The minimum absolute atomic E-state index is 0.204. The zero-order valence-electron chi connectivity index (χ0n) is 25.0. The molecule has 1 aliphatic carbocycles. The van der Waals surface area contributed by atoms with Gasteiger partial charge >= 0.3 is 12.1 Å². The summed E-state index contributed by atoms with van der Waals surface area (Å²) >= 11 is 0. The van der Waals surface area contributed by atoms with Crippen LogP contribution in [0.4, 0.5) is 10.6 Å². The molecule has 2 saturated heterocycles. The maximum Gasteiger partial charge on any atom is 0.410 e. The lowest BCUT2D eigenvalue weighted by atomic mass is 10.1. The average Bonchev–Trinajstić information content (AvgIpc) is 3.83. The highest BCUT2D eigenvalue weighted by molar-refractivity contribution is 5.69. The monoisotopic (exact) mass is 593 g/mol. The van der Waals surface area contributed by atoms with Crippen molar-refractivity contribution in [3.05, 3.63) is 82.5 Å². The van der Waals surface area contributed by atoms with Crippen molar-refractivity contribution < 1.29 is 14.3 Å². The van der Waals surface area contributed by atoms with E-state index < -0.39 is 0 Å². The van der Waals surface area contributed by atoms with Gasteiger partial charge in [0.1, 0.15) is 19.0 Å². The van der Waals surface area contributed by atoms with Crippen LogP contribution in [0.25, 0.3) is 0 Å². The number of nitrogens with zero attached hydrogens (tertiary/aromatic N) is 6. The van der Waals surface area contributed by atoms with E-state index in [9.17, 15) is 10.1 Å². The van der Waals surface area contributed by atoms with Gasteiger partial charge in [-0.1, -0.05) is 54.6 Å². The van der Waals surface area contributed by atoms with E-state index in [0.29, 0.717) is 44.3 Å². The van der Waals surface area contributed by atoms with Crippen LogP contribution in [-0.4, -0.2) is 70.7 Å². The third-order valence-corrected chi connectivity index (χ3v) is 9.43. The van der Waals surface area contributed by atoms with Crippen molar-refractivity contribution >= 4 is 11.9 Å². The fourth-order valence-electron chi connectivity index (χ4n) is 7.14. The second-order valence-corrected chi connectivity index (χ2v) is 12.2. The Hall–Kier alpha value is -4.20. The van der Waals surface area contributed by atoms with Crippen molar-refractivity contribution in [2.24, 2.45) is 0 Å². The van der Waals surface area contributed by atoms with Gasteiger partial charge in [-0.15, -0.1) is 0 Å². The fourth-order valence-corrected chi connectivity index (χ4v) is 7.14. The average molecular weight is 594 g/mol. The molecule has 1 N–H and O–H groups in total. The summed E-state index contributed by atoms with van der Waals surface area (Å²) in [5.74, 6) is 0.860. The molecule has 10 heteroatoms. The predicted molar refractivity (Wildman–Crippen MR) is 165 cm³/mol. The Morgan fingerprint density at radius 1 is 1.05 bits per heavy atom. The van der Waals surface area contributed by atoms with E-state index in [4.69, 9.17) is 19.4 Å². The van der Waals surface area contributed by atoms with Gasteiger partial charge in [-0.3, -0.25) is 4.90 Å². The van der Waals surface area contributed by atoms with Crippen molar-refractivity contribution in [2.45, 2.75) is 69.9 Å². The zero-order valence-corrected chi connectivity index (χ0v) is 25.0. The number of amides is 1. The van der Waals surface area contributed by atoms with E-state index in [1.165, 1.54) is 11.1 Å². The Morgan fingerprint density at radius 3 is 2.75 bits per heavy atom. The van der Waals surface area contributed by atoms with Gasteiger partial charge in [0.25, 0.3) is 0 Å². The Morgan fingerprint density at radius 2 is 1.91 bits per heavy atom. The normalized spacial score (nSPS) is 22.8. The van der Waals surface area contributed by atoms with E-state index in [1.54, 1.807) is 4.90 Å². The van der Waals surface area contributed by atoms with Crippen molar-refractivity contribution in [1.29, 1.82) is 5.26 Å². The molecule has 1 amide bonds. The van der Waals surface area contributed by atoms with Crippen LogP contribution in [0, 0.1) is 11.3 Å². The first-order chi connectivity index (χ1) is 21.7. The highest BCUT2D eigenvalue weighted by Gasteiger charge is 2.38. The lowest BCUT2D eigenvalue weighted by Gasteiger charge is -2.41. The lowest BCUT2D eigenvalue weighted by Crippen LogP contribution is -2.55.